The number of hydrogen-bond acceptors (Lipinski definition) is 2. The highest BCUT2D eigenvalue weighted by atomic mass is 32.2. The van der Waals surface area contributed by atoms with Crippen molar-refractivity contribution in [3.63, 3.8) is 0 Å². The van der Waals surface area contributed by atoms with Crippen LogP contribution < -0.4 is 0 Å². The number of carbonyl (C=O) groups is 1. The Morgan fingerprint density at radius 2 is 2.33 bits per heavy atom. The van der Waals surface area contributed by atoms with E-state index in [-0.39, 0.29) is 6.42 Å². The van der Waals surface area contributed by atoms with Crippen LogP contribution in [0.2, 0.25) is 0 Å². The van der Waals surface area contributed by atoms with Gasteiger partial charge in [-0.3, -0.25) is 4.79 Å². The van der Waals surface area contributed by atoms with E-state index in [2.05, 4.69) is 0 Å². The third kappa shape index (κ3) is 5.43. The highest BCUT2D eigenvalue weighted by molar-refractivity contribution is 8.01. The minimum absolute atomic E-state index is 0.154. The Kier molecular flexibility index (Phi) is 4.22. The summed E-state index contributed by atoms with van der Waals surface area (Å²) in [4.78, 5) is 10.0. The van der Waals surface area contributed by atoms with Crippen molar-refractivity contribution < 1.29 is 9.90 Å². The summed E-state index contributed by atoms with van der Waals surface area (Å²) in [5.41, 5.74) is 0.898. The molecule has 0 unspecified atom stereocenters. The van der Waals surface area contributed by atoms with Gasteiger partial charge in [0.25, 0.3) is 0 Å². The number of carboxylic acids is 1. The van der Waals surface area contributed by atoms with Crippen molar-refractivity contribution in [2.75, 3.05) is 6.26 Å². The van der Waals surface area contributed by atoms with E-state index >= 15 is 0 Å². The summed E-state index contributed by atoms with van der Waals surface area (Å²) >= 11 is 1.53. The molecule has 0 aromatic rings. The van der Waals surface area contributed by atoms with Crippen LogP contribution in [-0.2, 0) is 4.79 Å². The Bertz CT molecular complexity index is 129. The lowest BCUT2D eigenvalue weighted by molar-refractivity contribution is -0.136. The van der Waals surface area contributed by atoms with Crippen LogP contribution in [-0.4, -0.2) is 17.3 Å². The highest BCUT2D eigenvalue weighted by Gasteiger charge is 1.95. The lowest BCUT2D eigenvalue weighted by Crippen LogP contribution is -1.93. The molecule has 3 heteroatoms. The monoisotopic (exact) mass is 146 g/mol. The fraction of sp³-hybridized carbons (Fsp3) is 0.500. The molecule has 0 fully saturated rings. The van der Waals surface area contributed by atoms with Gasteiger partial charge in [0.05, 0.1) is 6.42 Å². The molecule has 0 rings (SSSR count). The summed E-state index contributed by atoms with van der Waals surface area (Å²) in [7, 11) is 0. The Morgan fingerprint density at radius 1 is 1.78 bits per heavy atom. The predicted octanol–water partition coefficient (Wildman–Crippen LogP) is 1.73. The number of hydrogen-bond donors (Lipinski definition) is 1. The number of thioether (sulfide) groups is 1. The summed E-state index contributed by atoms with van der Waals surface area (Å²) in [5, 5.41) is 10.1. The van der Waals surface area contributed by atoms with Gasteiger partial charge in [-0.1, -0.05) is 5.57 Å². The van der Waals surface area contributed by atoms with E-state index in [1.165, 1.54) is 11.8 Å². The van der Waals surface area contributed by atoms with Gasteiger partial charge in [-0.05, 0) is 18.6 Å². The van der Waals surface area contributed by atoms with Gasteiger partial charge < -0.3 is 5.11 Å². The second kappa shape index (κ2) is 4.44. The molecular formula is C6H10O2S. The standard InChI is InChI=1S/C6H10O2S/c1-5(4-9-2)3-6(7)8/h4H,3H2,1-2H3,(H,7,8)/b5-4+. The number of aliphatic carboxylic acids is 1. The third-order valence-electron chi connectivity index (χ3n) is 0.749. The maximum absolute atomic E-state index is 10.0. The quantitative estimate of drug-likeness (QED) is 0.658. The predicted molar refractivity (Wildman–Crippen MR) is 39.5 cm³/mol. The smallest absolute Gasteiger partial charge is 0.307 e. The minimum Gasteiger partial charge on any atom is -0.481 e. The summed E-state index contributed by atoms with van der Waals surface area (Å²) in [6.45, 7) is 1.81. The average molecular weight is 146 g/mol. The first-order valence-electron chi connectivity index (χ1n) is 2.57. The number of carboxylic acid groups (broad SMARTS) is 1. The summed E-state index contributed by atoms with van der Waals surface area (Å²) in [6, 6.07) is 0. The summed E-state index contributed by atoms with van der Waals surface area (Å²) in [6.07, 6.45) is 2.06. The van der Waals surface area contributed by atoms with Crippen LogP contribution in [0.15, 0.2) is 11.0 Å². The summed E-state index contributed by atoms with van der Waals surface area (Å²) in [5.74, 6) is -0.766. The van der Waals surface area contributed by atoms with Gasteiger partial charge in [0.15, 0.2) is 0 Å². The molecule has 0 radical (unpaired) electrons. The van der Waals surface area contributed by atoms with Crippen LogP contribution in [0.5, 0.6) is 0 Å². The van der Waals surface area contributed by atoms with Crippen molar-refractivity contribution >= 4 is 17.7 Å². The van der Waals surface area contributed by atoms with E-state index < -0.39 is 5.97 Å². The van der Waals surface area contributed by atoms with Crippen molar-refractivity contribution in [2.45, 2.75) is 13.3 Å². The van der Waals surface area contributed by atoms with Crippen LogP contribution in [0.3, 0.4) is 0 Å². The molecule has 0 aliphatic rings. The number of rotatable bonds is 3. The lowest BCUT2D eigenvalue weighted by Gasteiger charge is -1.91. The van der Waals surface area contributed by atoms with Gasteiger partial charge >= 0.3 is 5.97 Å². The SMILES string of the molecule is CS/C=C(\C)CC(=O)O. The van der Waals surface area contributed by atoms with Gasteiger partial charge in [0.1, 0.15) is 0 Å². The molecule has 0 heterocycles. The zero-order valence-corrected chi connectivity index (χ0v) is 6.36. The van der Waals surface area contributed by atoms with Crippen LogP contribution in [0.25, 0.3) is 0 Å². The van der Waals surface area contributed by atoms with Crippen LogP contribution in [0.4, 0.5) is 0 Å². The Hall–Kier alpha value is -0.440. The molecule has 0 aliphatic heterocycles. The molecule has 0 amide bonds. The maximum atomic E-state index is 10.0. The van der Waals surface area contributed by atoms with Gasteiger partial charge in [0.2, 0.25) is 0 Å². The highest BCUT2D eigenvalue weighted by Crippen LogP contribution is 2.05. The normalized spacial score (nSPS) is 11.6. The molecule has 0 aliphatic carbocycles. The van der Waals surface area contributed by atoms with Gasteiger partial charge in [0, 0.05) is 0 Å². The molecule has 0 bridgehead atoms. The van der Waals surface area contributed by atoms with Crippen molar-refractivity contribution in [3.8, 4) is 0 Å². The Morgan fingerprint density at radius 3 is 2.67 bits per heavy atom. The fourth-order valence-corrected chi connectivity index (χ4v) is 0.967. The van der Waals surface area contributed by atoms with Crippen molar-refractivity contribution in [1.29, 1.82) is 0 Å². The minimum atomic E-state index is -0.766. The molecular weight excluding hydrogens is 136 g/mol. The van der Waals surface area contributed by atoms with Gasteiger partial charge in [-0.2, -0.15) is 0 Å². The van der Waals surface area contributed by atoms with Crippen molar-refractivity contribution in [1.82, 2.24) is 0 Å². The lowest BCUT2D eigenvalue weighted by atomic mass is 10.2. The van der Waals surface area contributed by atoms with Crippen LogP contribution >= 0.6 is 11.8 Å². The summed E-state index contributed by atoms with van der Waals surface area (Å²) < 4.78 is 0. The first-order chi connectivity index (χ1) is 4.16. The molecule has 0 aromatic carbocycles. The van der Waals surface area contributed by atoms with Gasteiger partial charge in [-0.25, -0.2) is 0 Å². The molecule has 2 nitrogen and oxygen atoms in total. The molecule has 0 aromatic heterocycles. The molecule has 1 N–H and O–H groups in total. The first kappa shape index (κ1) is 8.56. The maximum Gasteiger partial charge on any atom is 0.307 e. The second-order valence-electron chi connectivity index (χ2n) is 1.77. The van der Waals surface area contributed by atoms with E-state index in [1.54, 1.807) is 0 Å². The molecule has 0 saturated carbocycles. The van der Waals surface area contributed by atoms with Crippen molar-refractivity contribution in [2.24, 2.45) is 0 Å². The van der Waals surface area contributed by atoms with Gasteiger partial charge in [-0.15, -0.1) is 11.8 Å². The molecule has 9 heavy (non-hydrogen) atoms. The zero-order chi connectivity index (χ0) is 7.28. The van der Waals surface area contributed by atoms with E-state index in [1.807, 2.05) is 18.6 Å². The zero-order valence-electron chi connectivity index (χ0n) is 5.55. The van der Waals surface area contributed by atoms with E-state index in [0.29, 0.717) is 0 Å². The Balaban J connectivity index is 3.62. The van der Waals surface area contributed by atoms with Crippen LogP contribution in [0, 0.1) is 0 Å². The van der Waals surface area contributed by atoms with Crippen molar-refractivity contribution in [3.05, 3.63) is 11.0 Å². The average Bonchev–Trinajstić information content (AvgIpc) is 1.63. The molecule has 0 atom stereocenters. The van der Waals surface area contributed by atoms with E-state index in [9.17, 15) is 4.79 Å². The largest absolute Gasteiger partial charge is 0.481 e. The third-order valence-corrected chi connectivity index (χ3v) is 1.39. The topological polar surface area (TPSA) is 37.3 Å². The molecule has 0 saturated heterocycles. The van der Waals surface area contributed by atoms with Crippen LogP contribution in [0.1, 0.15) is 13.3 Å². The second-order valence-corrected chi connectivity index (χ2v) is 2.48. The Labute approximate surface area is 59.0 Å². The van der Waals surface area contributed by atoms with E-state index in [0.717, 1.165) is 5.57 Å². The molecule has 0 spiro atoms. The van der Waals surface area contributed by atoms with E-state index in [4.69, 9.17) is 5.11 Å². The molecule has 52 valence electrons. The fourth-order valence-electron chi connectivity index (χ4n) is 0.481. The first-order valence-corrected chi connectivity index (χ1v) is 3.86.